The molecule has 0 bridgehead atoms. The minimum absolute atomic E-state index is 0.0935. The van der Waals surface area contributed by atoms with Crippen molar-refractivity contribution in [3.8, 4) is 11.5 Å². The maximum absolute atomic E-state index is 12.2. The fourth-order valence-electron chi connectivity index (χ4n) is 3.23. The van der Waals surface area contributed by atoms with Crippen molar-refractivity contribution in [2.75, 3.05) is 52.4 Å². The number of hydrogen-bond donors (Lipinski definition) is 1. The molecule has 2 rings (SSSR count). The van der Waals surface area contributed by atoms with Gasteiger partial charge in [0.1, 0.15) is 6.42 Å². The predicted molar refractivity (Wildman–Crippen MR) is 110 cm³/mol. The predicted octanol–water partition coefficient (Wildman–Crippen LogP) is 2.24. The Morgan fingerprint density at radius 3 is 2.47 bits per heavy atom. The fraction of sp³-hybridized carbons (Fsp3) is 0.571. The average molecular weight is 422 g/mol. The van der Waals surface area contributed by atoms with Crippen LogP contribution < -0.4 is 14.8 Å². The van der Waals surface area contributed by atoms with Crippen LogP contribution in [0.1, 0.15) is 43.0 Å². The normalized spacial score (nSPS) is 13.6. The Bertz CT molecular complexity index is 745. The first-order chi connectivity index (χ1) is 14.5. The number of likely N-dealkylation sites (tertiary alicyclic amines) is 1. The van der Waals surface area contributed by atoms with Crippen LogP contribution in [0.25, 0.3) is 0 Å². The first kappa shape index (κ1) is 23.5. The molecule has 1 amide bonds. The topological polar surface area (TPSA) is 103 Å². The number of hydrogen-bond acceptors (Lipinski definition) is 8. The molecule has 0 unspecified atom stereocenters. The summed E-state index contributed by atoms with van der Waals surface area (Å²) in [6.07, 6.45) is 2.84. The number of anilines is 1. The summed E-state index contributed by atoms with van der Waals surface area (Å²) in [7, 11) is 2.70. The van der Waals surface area contributed by atoms with Crippen LogP contribution in [-0.4, -0.2) is 69.8 Å². The van der Waals surface area contributed by atoms with Gasteiger partial charge in [-0.1, -0.05) is 0 Å². The van der Waals surface area contributed by atoms with Crippen LogP contribution in [0.4, 0.5) is 5.69 Å². The molecule has 1 fully saturated rings. The van der Waals surface area contributed by atoms with E-state index in [2.05, 4.69) is 10.2 Å². The van der Waals surface area contributed by atoms with E-state index in [1.807, 2.05) is 0 Å². The highest BCUT2D eigenvalue weighted by Gasteiger charge is 2.21. The van der Waals surface area contributed by atoms with E-state index < -0.39 is 24.3 Å². The molecule has 1 aromatic carbocycles. The molecular formula is C21H30N2O7. The van der Waals surface area contributed by atoms with E-state index in [4.69, 9.17) is 18.9 Å². The van der Waals surface area contributed by atoms with E-state index in [-0.39, 0.29) is 17.9 Å². The Morgan fingerprint density at radius 2 is 1.83 bits per heavy atom. The first-order valence-corrected chi connectivity index (χ1v) is 10.1. The van der Waals surface area contributed by atoms with Crippen molar-refractivity contribution in [3.63, 3.8) is 0 Å². The minimum Gasteiger partial charge on any atom is -0.493 e. The summed E-state index contributed by atoms with van der Waals surface area (Å²) >= 11 is 0. The Hall–Kier alpha value is -2.81. The molecule has 30 heavy (non-hydrogen) atoms. The van der Waals surface area contributed by atoms with Gasteiger partial charge in [-0.05, 0) is 39.3 Å². The van der Waals surface area contributed by atoms with Gasteiger partial charge >= 0.3 is 11.9 Å². The van der Waals surface area contributed by atoms with Gasteiger partial charge in [-0.2, -0.15) is 0 Å². The highest BCUT2D eigenvalue weighted by Crippen LogP contribution is 2.34. The number of rotatable bonds is 11. The summed E-state index contributed by atoms with van der Waals surface area (Å²) in [5.74, 6) is -1.18. The standard InChI is InChI=1S/C21H30N2O7/c1-4-29-20(25)14-19(24)22-16-13-18(17(27-2)12-15(16)21(26)28-3)30-11-7-10-23-8-5-6-9-23/h12-13H,4-11,14H2,1-3H3,(H,22,24). The Morgan fingerprint density at radius 1 is 1.10 bits per heavy atom. The molecule has 0 radical (unpaired) electrons. The summed E-state index contributed by atoms with van der Waals surface area (Å²) in [6.45, 7) is 5.48. The quantitative estimate of drug-likeness (QED) is 0.329. The molecule has 0 aromatic heterocycles. The van der Waals surface area contributed by atoms with Crippen LogP contribution in [0.5, 0.6) is 11.5 Å². The highest BCUT2D eigenvalue weighted by atomic mass is 16.5. The van der Waals surface area contributed by atoms with Gasteiger partial charge in [0, 0.05) is 18.7 Å². The van der Waals surface area contributed by atoms with Gasteiger partial charge in [-0.3, -0.25) is 9.59 Å². The number of carbonyl (C=O) groups excluding carboxylic acids is 3. The zero-order chi connectivity index (χ0) is 21.9. The lowest BCUT2D eigenvalue weighted by Gasteiger charge is -2.17. The molecule has 1 aliphatic heterocycles. The lowest BCUT2D eigenvalue weighted by atomic mass is 10.1. The largest absolute Gasteiger partial charge is 0.493 e. The van der Waals surface area contributed by atoms with Crippen LogP contribution in [0, 0.1) is 0 Å². The van der Waals surface area contributed by atoms with Crippen LogP contribution in [0.15, 0.2) is 12.1 Å². The third kappa shape index (κ3) is 6.91. The number of amides is 1. The first-order valence-electron chi connectivity index (χ1n) is 10.1. The molecule has 1 N–H and O–H groups in total. The molecule has 1 heterocycles. The zero-order valence-corrected chi connectivity index (χ0v) is 17.8. The number of ether oxygens (including phenoxy) is 4. The second-order valence-electron chi connectivity index (χ2n) is 6.82. The van der Waals surface area contributed by atoms with Gasteiger partial charge < -0.3 is 29.2 Å². The van der Waals surface area contributed by atoms with E-state index in [0.29, 0.717) is 18.1 Å². The van der Waals surface area contributed by atoms with E-state index in [1.165, 1.54) is 39.2 Å². The summed E-state index contributed by atoms with van der Waals surface area (Å²) < 4.78 is 20.8. The average Bonchev–Trinajstić information content (AvgIpc) is 3.24. The van der Waals surface area contributed by atoms with Gasteiger partial charge in [-0.25, -0.2) is 4.79 Å². The Kier molecular flexibility index (Phi) is 9.40. The van der Waals surface area contributed by atoms with Crippen molar-refractivity contribution in [2.24, 2.45) is 0 Å². The van der Waals surface area contributed by atoms with Crippen molar-refractivity contribution in [1.82, 2.24) is 4.90 Å². The second-order valence-corrected chi connectivity index (χ2v) is 6.82. The molecule has 0 aliphatic carbocycles. The van der Waals surface area contributed by atoms with E-state index >= 15 is 0 Å². The molecular weight excluding hydrogens is 392 g/mol. The molecule has 0 atom stereocenters. The van der Waals surface area contributed by atoms with E-state index in [9.17, 15) is 14.4 Å². The van der Waals surface area contributed by atoms with Crippen molar-refractivity contribution >= 4 is 23.5 Å². The molecule has 1 saturated heterocycles. The van der Waals surface area contributed by atoms with E-state index in [0.717, 1.165) is 26.1 Å². The molecule has 9 heteroatoms. The summed E-state index contributed by atoms with van der Waals surface area (Å²) in [6, 6.07) is 2.95. The molecule has 166 valence electrons. The van der Waals surface area contributed by atoms with Crippen molar-refractivity contribution in [1.29, 1.82) is 0 Å². The lowest BCUT2D eigenvalue weighted by Crippen LogP contribution is -2.22. The van der Waals surface area contributed by atoms with Crippen LogP contribution >= 0.6 is 0 Å². The van der Waals surface area contributed by atoms with Crippen molar-refractivity contribution in [3.05, 3.63) is 17.7 Å². The smallest absolute Gasteiger partial charge is 0.340 e. The monoisotopic (exact) mass is 422 g/mol. The second kappa shape index (κ2) is 12.0. The number of nitrogens with one attached hydrogen (secondary N) is 1. The number of benzene rings is 1. The lowest BCUT2D eigenvalue weighted by molar-refractivity contribution is -0.145. The zero-order valence-electron chi connectivity index (χ0n) is 17.8. The Balaban J connectivity index is 2.11. The molecule has 0 saturated carbocycles. The number of esters is 2. The van der Waals surface area contributed by atoms with Crippen molar-refractivity contribution in [2.45, 2.75) is 32.6 Å². The number of carbonyl (C=O) groups is 3. The minimum atomic E-state index is -0.652. The fourth-order valence-corrected chi connectivity index (χ4v) is 3.23. The van der Waals surface area contributed by atoms with Gasteiger partial charge in [-0.15, -0.1) is 0 Å². The third-order valence-corrected chi connectivity index (χ3v) is 4.67. The highest BCUT2D eigenvalue weighted by molar-refractivity contribution is 6.06. The maximum Gasteiger partial charge on any atom is 0.340 e. The maximum atomic E-state index is 12.2. The molecule has 1 aliphatic rings. The third-order valence-electron chi connectivity index (χ3n) is 4.67. The van der Waals surface area contributed by atoms with Gasteiger partial charge in [0.15, 0.2) is 11.5 Å². The summed E-state index contributed by atoms with van der Waals surface area (Å²) in [5, 5.41) is 2.56. The molecule has 9 nitrogen and oxygen atoms in total. The SMILES string of the molecule is CCOC(=O)CC(=O)Nc1cc(OCCCN2CCCC2)c(OC)cc1C(=O)OC. The van der Waals surface area contributed by atoms with Crippen molar-refractivity contribution < 1.29 is 33.3 Å². The number of methoxy groups -OCH3 is 2. The van der Waals surface area contributed by atoms with Gasteiger partial charge in [0.25, 0.3) is 0 Å². The van der Waals surface area contributed by atoms with Gasteiger partial charge in [0.2, 0.25) is 5.91 Å². The summed E-state index contributed by atoms with van der Waals surface area (Å²) in [4.78, 5) is 38.3. The van der Waals surface area contributed by atoms with Crippen LogP contribution in [-0.2, 0) is 19.1 Å². The van der Waals surface area contributed by atoms with Crippen LogP contribution in [0.3, 0.4) is 0 Å². The van der Waals surface area contributed by atoms with E-state index in [1.54, 1.807) is 6.92 Å². The molecule has 0 spiro atoms. The Labute approximate surface area is 176 Å². The summed E-state index contributed by atoms with van der Waals surface area (Å²) in [5.41, 5.74) is 0.266. The van der Waals surface area contributed by atoms with Crippen LogP contribution in [0.2, 0.25) is 0 Å². The van der Waals surface area contributed by atoms with Gasteiger partial charge in [0.05, 0.1) is 38.7 Å². The number of nitrogens with zero attached hydrogens (tertiary/aromatic N) is 1. The molecule has 1 aromatic rings.